The van der Waals surface area contributed by atoms with Gasteiger partial charge in [0.25, 0.3) is 0 Å². The van der Waals surface area contributed by atoms with Crippen LogP contribution in [0.25, 0.3) is 0 Å². The van der Waals surface area contributed by atoms with Crippen LogP contribution >= 0.6 is 0 Å². The van der Waals surface area contributed by atoms with Gasteiger partial charge in [-0.1, -0.05) is 0 Å². The maximum atomic E-state index is 13.7. The van der Waals surface area contributed by atoms with E-state index >= 15 is 0 Å². The fourth-order valence-electron chi connectivity index (χ4n) is 4.80. The Morgan fingerprint density at radius 3 is 2.79 bits per heavy atom. The van der Waals surface area contributed by atoms with Crippen LogP contribution in [0, 0.1) is 5.82 Å². The molecule has 0 saturated carbocycles. The van der Waals surface area contributed by atoms with Crippen molar-refractivity contribution >= 4 is 12.1 Å². The van der Waals surface area contributed by atoms with E-state index in [1.54, 1.807) is 12.1 Å². The molecule has 1 atom stereocenters. The van der Waals surface area contributed by atoms with Crippen molar-refractivity contribution in [2.24, 2.45) is 0 Å². The predicted octanol–water partition coefficient (Wildman–Crippen LogP) is 2.60. The fourth-order valence-corrected chi connectivity index (χ4v) is 4.80. The van der Waals surface area contributed by atoms with E-state index in [1.165, 1.54) is 12.0 Å². The maximum absolute atomic E-state index is 13.7. The van der Waals surface area contributed by atoms with Crippen molar-refractivity contribution in [2.75, 3.05) is 38.0 Å². The SMILES string of the molecule is O=CN1CCCC(N2CCC3(CC2)CNc2ccc(F)cc23)CC1. The van der Waals surface area contributed by atoms with Crippen molar-refractivity contribution in [3.8, 4) is 0 Å². The zero-order valence-corrected chi connectivity index (χ0v) is 14.1. The van der Waals surface area contributed by atoms with E-state index in [0.29, 0.717) is 6.04 Å². The van der Waals surface area contributed by atoms with E-state index in [9.17, 15) is 9.18 Å². The van der Waals surface area contributed by atoms with Crippen LogP contribution in [0.1, 0.15) is 37.7 Å². The molecule has 24 heavy (non-hydrogen) atoms. The Morgan fingerprint density at radius 1 is 1.17 bits per heavy atom. The number of amides is 1. The normalized spacial score (nSPS) is 26.7. The molecule has 4 nitrogen and oxygen atoms in total. The van der Waals surface area contributed by atoms with E-state index in [4.69, 9.17) is 0 Å². The van der Waals surface area contributed by atoms with Crippen molar-refractivity contribution < 1.29 is 9.18 Å². The second-order valence-corrected chi connectivity index (χ2v) is 7.59. The zero-order chi connectivity index (χ0) is 16.6. The highest BCUT2D eigenvalue weighted by Gasteiger charge is 2.42. The molecule has 1 N–H and O–H groups in total. The molecule has 1 spiro atoms. The lowest BCUT2D eigenvalue weighted by molar-refractivity contribution is -0.118. The molecule has 4 rings (SSSR count). The van der Waals surface area contributed by atoms with Gasteiger partial charge in [0.2, 0.25) is 6.41 Å². The fraction of sp³-hybridized carbons (Fsp3) is 0.632. The number of fused-ring (bicyclic) bond motifs is 2. The van der Waals surface area contributed by atoms with Crippen LogP contribution in [0.4, 0.5) is 10.1 Å². The number of anilines is 1. The first-order valence-corrected chi connectivity index (χ1v) is 9.17. The first kappa shape index (κ1) is 15.9. The summed E-state index contributed by atoms with van der Waals surface area (Å²) in [6, 6.07) is 5.75. The summed E-state index contributed by atoms with van der Waals surface area (Å²) in [5.41, 5.74) is 2.39. The lowest BCUT2D eigenvalue weighted by atomic mass is 9.74. The molecule has 0 aliphatic carbocycles. The second-order valence-electron chi connectivity index (χ2n) is 7.59. The van der Waals surface area contributed by atoms with Gasteiger partial charge in [0.15, 0.2) is 0 Å². The monoisotopic (exact) mass is 331 g/mol. The number of benzene rings is 1. The summed E-state index contributed by atoms with van der Waals surface area (Å²) in [4.78, 5) is 15.5. The number of piperidine rings is 1. The van der Waals surface area contributed by atoms with Crippen LogP contribution < -0.4 is 5.32 Å². The topological polar surface area (TPSA) is 35.6 Å². The van der Waals surface area contributed by atoms with E-state index in [-0.39, 0.29) is 11.2 Å². The van der Waals surface area contributed by atoms with Gasteiger partial charge in [-0.25, -0.2) is 4.39 Å². The molecule has 1 amide bonds. The highest BCUT2D eigenvalue weighted by molar-refractivity contribution is 5.60. The van der Waals surface area contributed by atoms with Crippen LogP contribution in [0.3, 0.4) is 0 Å². The van der Waals surface area contributed by atoms with Gasteiger partial charge in [0, 0.05) is 36.8 Å². The van der Waals surface area contributed by atoms with E-state index in [2.05, 4.69) is 10.2 Å². The third kappa shape index (κ3) is 2.79. The van der Waals surface area contributed by atoms with E-state index in [0.717, 1.165) is 70.5 Å². The largest absolute Gasteiger partial charge is 0.384 e. The summed E-state index contributed by atoms with van der Waals surface area (Å²) in [6.45, 7) is 4.86. The molecule has 3 aliphatic rings. The zero-order valence-electron chi connectivity index (χ0n) is 14.1. The van der Waals surface area contributed by atoms with Crippen molar-refractivity contribution in [3.05, 3.63) is 29.6 Å². The van der Waals surface area contributed by atoms with Gasteiger partial charge in [-0.15, -0.1) is 0 Å². The number of hydrogen-bond acceptors (Lipinski definition) is 3. The van der Waals surface area contributed by atoms with Gasteiger partial charge in [0.05, 0.1) is 0 Å². The molecule has 0 radical (unpaired) electrons. The average Bonchev–Trinajstić information content (AvgIpc) is 2.80. The molecule has 1 aromatic carbocycles. The van der Waals surface area contributed by atoms with Gasteiger partial charge in [-0.3, -0.25) is 4.79 Å². The summed E-state index contributed by atoms with van der Waals surface area (Å²) in [7, 11) is 0. The summed E-state index contributed by atoms with van der Waals surface area (Å²) >= 11 is 0. The minimum absolute atomic E-state index is 0.105. The summed E-state index contributed by atoms with van der Waals surface area (Å²) in [5, 5.41) is 3.47. The predicted molar refractivity (Wildman–Crippen MR) is 92.7 cm³/mol. The maximum Gasteiger partial charge on any atom is 0.209 e. The second kappa shape index (κ2) is 6.36. The van der Waals surface area contributed by atoms with Crippen molar-refractivity contribution in [1.82, 2.24) is 9.80 Å². The molecule has 2 fully saturated rings. The molecule has 1 aromatic rings. The average molecular weight is 331 g/mol. The Hall–Kier alpha value is -1.62. The quantitative estimate of drug-likeness (QED) is 0.846. The summed E-state index contributed by atoms with van der Waals surface area (Å²) < 4.78 is 13.7. The number of carbonyl (C=O) groups excluding carboxylic acids is 1. The Morgan fingerprint density at radius 2 is 2.00 bits per heavy atom. The molecule has 130 valence electrons. The molecule has 3 aliphatic heterocycles. The third-order valence-corrected chi connectivity index (χ3v) is 6.32. The molecule has 5 heteroatoms. The summed E-state index contributed by atoms with van der Waals surface area (Å²) in [6.07, 6.45) is 6.52. The Labute approximate surface area is 143 Å². The first-order chi connectivity index (χ1) is 11.7. The van der Waals surface area contributed by atoms with Crippen LogP contribution in [-0.4, -0.2) is 55.0 Å². The van der Waals surface area contributed by atoms with Crippen LogP contribution in [0.2, 0.25) is 0 Å². The van der Waals surface area contributed by atoms with Crippen LogP contribution in [0.5, 0.6) is 0 Å². The van der Waals surface area contributed by atoms with Crippen molar-refractivity contribution in [2.45, 2.75) is 43.6 Å². The molecular formula is C19H26FN3O. The van der Waals surface area contributed by atoms with E-state index in [1.807, 2.05) is 11.0 Å². The van der Waals surface area contributed by atoms with Gasteiger partial charge < -0.3 is 15.1 Å². The van der Waals surface area contributed by atoms with Gasteiger partial charge >= 0.3 is 0 Å². The Kier molecular flexibility index (Phi) is 4.21. The minimum Gasteiger partial charge on any atom is -0.384 e. The van der Waals surface area contributed by atoms with Gasteiger partial charge in [0.1, 0.15) is 5.82 Å². The lowest BCUT2D eigenvalue weighted by Crippen LogP contribution is -2.48. The highest BCUT2D eigenvalue weighted by Crippen LogP contribution is 2.44. The van der Waals surface area contributed by atoms with Crippen LogP contribution in [0.15, 0.2) is 18.2 Å². The number of rotatable bonds is 2. The molecule has 1 unspecified atom stereocenters. The number of hydrogen-bond donors (Lipinski definition) is 1. The number of nitrogens with zero attached hydrogens (tertiary/aromatic N) is 2. The number of halogens is 1. The van der Waals surface area contributed by atoms with Crippen LogP contribution in [-0.2, 0) is 10.2 Å². The highest BCUT2D eigenvalue weighted by atomic mass is 19.1. The first-order valence-electron chi connectivity index (χ1n) is 9.17. The molecule has 2 saturated heterocycles. The molecular weight excluding hydrogens is 305 g/mol. The molecule has 0 aromatic heterocycles. The number of likely N-dealkylation sites (tertiary alicyclic amines) is 2. The minimum atomic E-state index is -0.128. The smallest absolute Gasteiger partial charge is 0.209 e. The standard InChI is InChI=1S/C19H26FN3O/c20-15-3-4-18-17(12-15)19(13-21-18)6-10-23(11-7-19)16-2-1-8-22(14-24)9-5-16/h3-4,12,14,16,21H,1-2,5-11,13H2. The van der Waals surface area contributed by atoms with E-state index < -0.39 is 0 Å². The Balaban J connectivity index is 1.43. The number of carbonyl (C=O) groups is 1. The Bertz CT molecular complexity index is 613. The number of nitrogens with one attached hydrogen (secondary N) is 1. The van der Waals surface area contributed by atoms with Gasteiger partial charge in [-0.2, -0.15) is 0 Å². The third-order valence-electron chi connectivity index (χ3n) is 6.32. The molecule has 3 heterocycles. The van der Waals surface area contributed by atoms with Crippen molar-refractivity contribution in [3.63, 3.8) is 0 Å². The lowest BCUT2D eigenvalue weighted by Gasteiger charge is -2.42. The molecule has 0 bridgehead atoms. The summed E-state index contributed by atoms with van der Waals surface area (Å²) in [5.74, 6) is -0.128. The van der Waals surface area contributed by atoms with Crippen molar-refractivity contribution in [1.29, 1.82) is 0 Å². The van der Waals surface area contributed by atoms with Gasteiger partial charge in [-0.05, 0) is 69.0 Å².